The number of nitrogens with zero attached hydrogens (tertiary/aromatic N) is 2. The molecule has 0 saturated heterocycles. The lowest BCUT2D eigenvalue weighted by Crippen LogP contribution is -2.53. The number of rotatable bonds is 8. The molecule has 0 aliphatic carbocycles. The Labute approximate surface area is 162 Å². The van der Waals surface area contributed by atoms with E-state index < -0.39 is 43.6 Å². The number of nitro benzene ring substituents is 1. The number of nitrogens with one attached hydrogen (secondary N) is 1. The minimum atomic E-state index is -4.40. The molecule has 1 aliphatic heterocycles. The maximum atomic E-state index is 13.2. The summed E-state index contributed by atoms with van der Waals surface area (Å²) in [5.74, 6) is -0.516. The average Bonchev–Trinajstić information content (AvgIpc) is 2.68. The highest BCUT2D eigenvalue weighted by Gasteiger charge is 2.40. The quantitative estimate of drug-likeness (QED) is 0.292. The fraction of sp³-hybridized carbons (Fsp3) is 0.353. The van der Waals surface area contributed by atoms with Gasteiger partial charge < -0.3 is 4.74 Å². The Balaban J connectivity index is 2.48. The Morgan fingerprint density at radius 3 is 2.71 bits per heavy atom. The predicted molar refractivity (Wildman–Crippen MR) is 99.6 cm³/mol. The number of carbonyl (C=O) groups is 1. The molecule has 11 heteroatoms. The van der Waals surface area contributed by atoms with Crippen LogP contribution in [0.15, 0.2) is 53.5 Å². The van der Waals surface area contributed by atoms with Crippen LogP contribution in [-0.4, -0.2) is 56.1 Å². The van der Waals surface area contributed by atoms with Crippen LogP contribution in [0.5, 0.6) is 0 Å². The molecule has 0 fully saturated rings. The van der Waals surface area contributed by atoms with Crippen LogP contribution in [0, 0.1) is 10.1 Å². The maximum absolute atomic E-state index is 13.2. The van der Waals surface area contributed by atoms with Gasteiger partial charge in [0.25, 0.3) is 15.7 Å². The summed E-state index contributed by atoms with van der Waals surface area (Å²) < 4.78 is 31.8. The van der Waals surface area contributed by atoms with Gasteiger partial charge in [0.15, 0.2) is 4.90 Å². The summed E-state index contributed by atoms with van der Waals surface area (Å²) in [5.41, 5.74) is -0.0343. The van der Waals surface area contributed by atoms with Crippen molar-refractivity contribution < 1.29 is 27.7 Å². The standard InChI is InChI=1S/C17H21N3O7S/c1-4-9-27-20(15-11-18-13(10-12(15)2)17(21)26-3)28(24,25)16-8-6-5-7-14(16)19(22)23/h4-8,10,13,15,18H,1,9,11H2,2-3H3. The molecule has 10 nitrogen and oxygen atoms in total. The van der Waals surface area contributed by atoms with Crippen LogP contribution in [0.25, 0.3) is 0 Å². The van der Waals surface area contributed by atoms with E-state index in [1.165, 1.54) is 31.4 Å². The predicted octanol–water partition coefficient (Wildman–Crippen LogP) is 1.16. The number of hydrogen-bond donors (Lipinski definition) is 1. The van der Waals surface area contributed by atoms with E-state index in [1.807, 2.05) is 0 Å². The van der Waals surface area contributed by atoms with Crippen LogP contribution >= 0.6 is 0 Å². The molecule has 0 aromatic heterocycles. The smallest absolute Gasteiger partial charge is 0.326 e. The number of methoxy groups -OCH3 is 1. The molecule has 152 valence electrons. The van der Waals surface area contributed by atoms with Gasteiger partial charge in [-0.05, 0) is 13.0 Å². The van der Waals surface area contributed by atoms with Gasteiger partial charge in [0.1, 0.15) is 6.04 Å². The number of nitro groups is 1. The van der Waals surface area contributed by atoms with Crippen LogP contribution in [-0.2, 0) is 24.4 Å². The van der Waals surface area contributed by atoms with E-state index in [4.69, 9.17) is 4.84 Å². The first-order chi connectivity index (χ1) is 13.2. The van der Waals surface area contributed by atoms with Crippen molar-refractivity contribution in [3.8, 4) is 0 Å². The van der Waals surface area contributed by atoms with E-state index >= 15 is 0 Å². The second-order valence-corrected chi connectivity index (χ2v) is 7.66. The normalized spacial score (nSPS) is 19.8. The Kier molecular flexibility index (Phi) is 7.02. The number of carbonyl (C=O) groups excluding carboxylic acids is 1. The van der Waals surface area contributed by atoms with Gasteiger partial charge >= 0.3 is 5.97 Å². The molecule has 0 saturated carbocycles. The molecule has 2 unspecified atom stereocenters. The van der Waals surface area contributed by atoms with Gasteiger partial charge in [-0.3, -0.25) is 25.1 Å². The number of hydrogen-bond acceptors (Lipinski definition) is 8. The summed E-state index contributed by atoms with van der Waals surface area (Å²) in [6.45, 7) is 5.04. The highest BCUT2D eigenvalue weighted by atomic mass is 32.2. The molecular formula is C17H21N3O7S. The summed E-state index contributed by atoms with van der Waals surface area (Å²) in [5, 5.41) is 14.2. The molecule has 28 heavy (non-hydrogen) atoms. The SMILES string of the molecule is C=CCON(C1CNC(C(=O)OC)C=C1C)S(=O)(=O)c1ccccc1[N+](=O)[O-]. The maximum Gasteiger partial charge on any atom is 0.326 e. The van der Waals surface area contributed by atoms with Gasteiger partial charge in [0, 0.05) is 12.6 Å². The van der Waals surface area contributed by atoms with Gasteiger partial charge in [0.05, 0.1) is 24.7 Å². The van der Waals surface area contributed by atoms with Gasteiger partial charge in [-0.25, -0.2) is 8.42 Å². The number of hydroxylamine groups is 1. The van der Waals surface area contributed by atoms with Crippen molar-refractivity contribution in [1.29, 1.82) is 0 Å². The van der Waals surface area contributed by atoms with Crippen molar-refractivity contribution in [2.24, 2.45) is 0 Å². The third-order valence-corrected chi connectivity index (χ3v) is 5.83. The van der Waals surface area contributed by atoms with Crippen LogP contribution < -0.4 is 5.32 Å². The molecule has 2 rings (SSSR count). The third-order valence-electron chi connectivity index (χ3n) is 4.09. The van der Waals surface area contributed by atoms with Gasteiger partial charge in [-0.2, -0.15) is 0 Å². The second-order valence-electron chi connectivity index (χ2n) is 5.91. The number of para-hydroxylation sites is 1. The zero-order valence-corrected chi connectivity index (χ0v) is 16.2. The molecule has 0 amide bonds. The topological polar surface area (TPSA) is 128 Å². The fourth-order valence-corrected chi connectivity index (χ4v) is 4.35. The Bertz CT molecular complexity index is 898. The Morgan fingerprint density at radius 1 is 1.46 bits per heavy atom. The lowest BCUT2D eigenvalue weighted by atomic mass is 10.0. The zero-order valence-electron chi connectivity index (χ0n) is 15.4. The molecule has 1 aromatic carbocycles. The monoisotopic (exact) mass is 411 g/mol. The minimum Gasteiger partial charge on any atom is -0.468 e. The van der Waals surface area contributed by atoms with E-state index in [0.717, 1.165) is 12.1 Å². The van der Waals surface area contributed by atoms with Crippen LogP contribution in [0.4, 0.5) is 5.69 Å². The van der Waals surface area contributed by atoms with E-state index in [1.54, 1.807) is 6.92 Å². The Hall–Kier alpha value is -2.60. The van der Waals surface area contributed by atoms with Gasteiger partial charge in [-0.15, -0.1) is 6.58 Å². The molecular weight excluding hydrogens is 390 g/mol. The second kappa shape index (κ2) is 9.06. The first-order valence-electron chi connectivity index (χ1n) is 8.25. The molecule has 1 N–H and O–H groups in total. The van der Waals surface area contributed by atoms with Gasteiger partial charge in [-0.1, -0.05) is 34.3 Å². The molecule has 1 aliphatic rings. The molecule has 1 aromatic rings. The van der Waals surface area contributed by atoms with Crippen LogP contribution in [0.3, 0.4) is 0 Å². The lowest BCUT2D eigenvalue weighted by molar-refractivity contribution is -0.387. The summed E-state index contributed by atoms with van der Waals surface area (Å²) in [7, 11) is -3.15. The van der Waals surface area contributed by atoms with E-state index in [2.05, 4.69) is 16.6 Å². The van der Waals surface area contributed by atoms with Crippen molar-refractivity contribution in [2.75, 3.05) is 20.3 Å². The molecule has 0 radical (unpaired) electrons. The third kappa shape index (κ3) is 4.44. The van der Waals surface area contributed by atoms with Crippen molar-refractivity contribution in [1.82, 2.24) is 9.79 Å². The lowest BCUT2D eigenvalue weighted by Gasteiger charge is -2.34. The molecule has 2 atom stereocenters. The first kappa shape index (κ1) is 21.7. The number of esters is 1. The molecule has 0 bridgehead atoms. The molecule has 1 heterocycles. The van der Waals surface area contributed by atoms with Crippen LogP contribution in [0.1, 0.15) is 6.92 Å². The highest BCUT2D eigenvalue weighted by molar-refractivity contribution is 7.89. The summed E-state index contributed by atoms with van der Waals surface area (Å²) in [6, 6.07) is 3.46. The number of benzene rings is 1. The summed E-state index contributed by atoms with van der Waals surface area (Å²) >= 11 is 0. The first-order valence-corrected chi connectivity index (χ1v) is 9.69. The largest absolute Gasteiger partial charge is 0.468 e. The summed E-state index contributed by atoms with van der Waals surface area (Å²) in [4.78, 5) is 27.1. The van der Waals surface area contributed by atoms with E-state index in [9.17, 15) is 23.3 Å². The van der Waals surface area contributed by atoms with Gasteiger partial charge in [0.2, 0.25) is 0 Å². The minimum absolute atomic E-state index is 0.0408. The van der Waals surface area contributed by atoms with E-state index in [-0.39, 0.29) is 13.2 Å². The van der Waals surface area contributed by atoms with Crippen LogP contribution in [0.2, 0.25) is 0 Å². The van der Waals surface area contributed by atoms with E-state index in [0.29, 0.717) is 10.0 Å². The zero-order chi connectivity index (χ0) is 20.9. The number of sulfonamides is 1. The van der Waals surface area contributed by atoms with Crippen molar-refractivity contribution in [3.05, 3.63) is 58.7 Å². The Morgan fingerprint density at radius 2 is 2.14 bits per heavy atom. The summed E-state index contributed by atoms with van der Waals surface area (Å²) in [6.07, 6.45) is 2.88. The van der Waals surface area contributed by atoms with Crippen molar-refractivity contribution >= 4 is 21.7 Å². The average molecular weight is 411 g/mol. The number of ether oxygens (including phenoxy) is 1. The van der Waals surface area contributed by atoms with Crippen molar-refractivity contribution in [3.63, 3.8) is 0 Å². The van der Waals surface area contributed by atoms with Crippen molar-refractivity contribution in [2.45, 2.75) is 23.9 Å². The molecule has 0 spiro atoms. The fourth-order valence-electron chi connectivity index (χ4n) is 2.73. The highest BCUT2D eigenvalue weighted by Crippen LogP contribution is 2.30.